The van der Waals surface area contributed by atoms with Crippen LogP contribution < -0.4 is 0 Å². The van der Waals surface area contributed by atoms with Crippen molar-refractivity contribution in [1.29, 1.82) is 0 Å². The summed E-state index contributed by atoms with van der Waals surface area (Å²) >= 11 is 0. The van der Waals surface area contributed by atoms with Crippen molar-refractivity contribution in [3.63, 3.8) is 0 Å². The van der Waals surface area contributed by atoms with E-state index in [2.05, 4.69) is 16.8 Å². The number of esters is 1. The van der Waals surface area contributed by atoms with Gasteiger partial charge < -0.3 is 9.64 Å². The Morgan fingerprint density at radius 2 is 2.00 bits per heavy atom. The lowest BCUT2D eigenvalue weighted by molar-refractivity contribution is -0.144. The van der Waals surface area contributed by atoms with Crippen molar-refractivity contribution in [2.45, 2.75) is 45.1 Å². The van der Waals surface area contributed by atoms with E-state index in [1.807, 2.05) is 0 Å². The van der Waals surface area contributed by atoms with E-state index in [1.165, 1.54) is 19.4 Å². The fourth-order valence-corrected chi connectivity index (χ4v) is 3.67. The number of piperidine rings is 2. The summed E-state index contributed by atoms with van der Waals surface area (Å²) in [6.07, 6.45) is 4.23. The topological polar surface area (TPSA) is 49.9 Å². The van der Waals surface area contributed by atoms with Crippen molar-refractivity contribution in [3.8, 4) is 0 Å². The molecule has 2 heterocycles. The van der Waals surface area contributed by atoms with Gasteiger partial charge >= 0.3 is 5.97 Å². The molecule has 0 aliphatic carbocycles. The lowest BCUT2D eigenvalue weighted by atomic mass is 9.84. The van der Waals surface area contributed by atoms with Crippen molar-refractivity contribution in [2.75, 3.05) is 39.8 Å². The Balaban J connectivity index is 1.71. The van der Waals surface area contributed by atoms with Gasteiger partial charge in [0.15, 0.2) is 0 Å². The first-order chi connectivity index (χ1) is 10.1. The van der Waals surface area contributed by atoms with Crippen LogP contribution >= 0.6 is 0 Å². The molecule has 0 aromatic carbocycles. The van der Waals surface area contributed by atoms with Gasteiger partial charge in [0.25, 0.3) is 0 Å². The molecule has 0 spiro atoms. The number of hydrogen-bond acceptors (Lipinski definition) is 5. The summed E-state index contributed by atoms with van der Waals surface area (Å²) < 4.78 is 4.85. The number of carbonyl (C=O) groups is 2. The van der Waals surface area contributed by atoms with Crippen LogP contribution in [0.5, 0.6) is 0 Å². The first-order valence-corrected chi connectivity index (χ1v) is 8.20. The lowest BCUT2D eigenvalue weighted by Gasteiger charge is -2.45. The van der Waals surface area contributed by atoms with Crippen molar-refractivity contribution >= 4 is 11.8 Å². The molecule has 0 aromatic rings. The van der Waals surface area contributed by atoms with Crippen LogP contribution in [0, 0.1) is 5.92 Å². The van der Waals surface area contributed by atoms with Gasteiger partial charge in [0, 0.05) is 25.6 Å². The van der Waals surface area contributed by atoms with E-state index < -0.39 is 0 Å². The summed E-state index contributed by atoms with van der Waals surface area (Å²) in [5.74, 6) is 0.597. The third-order valence-corrected chi connectivity index (χ3v) is 4.74. The SMILES string of the molecule is CCOC(=O)CCC(=O)CN1CCC2C(CCCN2C)C1. The fraction of sp³-hybridized carbons (Fsp3) is 0.875. The number of rotatable bonds is 6. The Kier molecular flexibility index (Phi) is 6.18. The van der Waals surface area contributed by atoms with Gasteiger partial charge in [0.1, 0.15) is 5.78 Å². The van der Waals surface area contributed by atoms with Crippen molar-refractivity contribution in [3.05, 3.63) is 0 Å². The Labute approximate surface area is 127 Å². The highest BCUT2D eigenvalue weighted by molar-refractivity contribution is 5.84. The van der Waals surface area contributed by atoms with Crippen LogP contribution in [0.3, 0.4) is 0 Å². The van der Waals surface area contributed by atoms with Gasteiger partial charge in [-0.1, -0.05) is 0 Å². The van der Waals surface area contributed by atoms with Crippen LogP contribution in [-0.4, -0.2) is 67.4 Å². The van der Waals surface area contributed by atoms with Gasteiger partial charge in [-0.05, 0) is 45.7 Å². The normalized spacial score (nSPS) is 27.1. The molecule has 2 fully saturated rings. The molecule has 0 aromatic heterocycles. The van der Waals surface area contributed by atoms with Gasteiger partial charge in [-0.2, -0.15) is 0 Å². The van der Waals surface area contributed by atoms with E-state index in [0.717, 1.165) is 19.5 Å². The molecule has 0 bridgehead atoms. The average molecular weight is 296 g/mol. The Hall–Kier alpha value is -0.940. The highest BCUT2D eigenvalue weighted by Gasteiger charge is 2.34. The van der Waals surface area contributed by atoms with Crippen LogP contribution in [0.4, 0.5) is 0 Å². The second-order valence-corrected chi connectivity index (χ2v) is 6.32. The quantitative estimate of drug-likeness (QED) is 0.692. The first kappa shape index (κ1) is 16.4. The number of likely N-dealkylation sites (tertiary alicyclic amines) is 2. The Bertz CT molecular complexity index is 373. The van der Waals surface area contributed by atoms with E-state index in [0.29, 0.717) is 31.5 Å². The van der Waals surface area contributed by atoms with Crippen molar-refractivity contribution in [2.24, 2.45) is 5.92 Å². The molecule has 5 heteroatoms. The minimum absolute atomic E-state index is 0.158. The number of hydrogen-bond donors (Lipinski definition) is 0. The van der Waals surface area contributed by atoms with E-state index in [1.54, 1.807) is 6.92 Å². The van der Waals surface area contributed by atoms with Gasteiger partial charge in [-0.25, -0.2) is 0 Å². The molecule has 0 N–H and O–H groups in total. The number of ketones is 1. The monoisotopic (exact) mass is 296 g/mol. The van der Waals surface area contributed by atoms with Crippen LogP contribution in [0.1, 0.15) is 39.0 Å². The van der Waals surface area contributed by atoms with Crippen LogP contribution in [-0.2, 0) is 14.3 Å². The number of carbonyl (C=O) groups excluding carboxylic acids is 2. The zero-order valence-electron chi connectivity index (χ0n) is 13.3. The van der Waals surface area contributed by atoms with E-state index >= 15 is 0 Å². The lowest BCUT2D eigenvalue weighted by Crippen LogP contribution is -2.53. The molecule has 0 radical (unpaired) electrons. The molecule has 2 saturated heterocycles. The van der Waals surface area contributed by atoms with Gasteiger partial charge in [-0.15, -0.1) is 0 Å². The Morgan fingerprint density at radius 1 is 1.19 bits per heavy atom. The highest BCUT2D eigenvalue weighted by Crippen LogP contribution is 2.29. The zero-order valence-corrected chi connectivity index (χ0v) is 13.3. The molecule has 2 unspecified atom stereocenters. The maximum absolute atomic E-state index is 12.0. The predicted molar refractivity (Wildman–Crippen MR) is 81.1 cm³/mol. The van der Waals surface area contributed by atoms with Crippen LogP contribution in [0.25, 0.3) is 0 Å². The van der Waals surface area contributed by atoms with E-state index in [9.17, 15) is 9.59 Å². The standard InChI is InChI=1S/C16H28N2O3/c1-3-21-16(20)7-6-14(19)12-18-10-8-15-13(11-18)5-4-9-17(15)2/h13,15H,3-12H2,1-2H3. The second-order valence-electron chi connectivity index (χ2n) is 6.32. The molecule has 2 rings (SSSR count). The third-order valence-electron chi connectivity index (χ3n) is 4.74. The van der Waals surface area contributed by atoms with E-state index in [4.69, 9.17) is 4.74 Å². The maximum Gasteiger partial charge on any atom is 0.306 e. The summed E-state index contributed by atoms with van der Waals surface area (Å²) in [6.45, 7) is 5.89. The van der Waals surface area contributed by atoms with Crippen LogP contribution in [0.2, 0.25) is 0 Å². The van der Waals surface area contributed by atoms with E-state index in [-0.39, 0.29) is 18.2 Å². The maximum atomic E-state index is 12.0. The fourth-order valence-electron chi connectivity index (χ4n) is 3.67. The molecule has 2 aliphatic rings. The third kappa shape index (κ3) is 4.78. The molecule has 2 atom stereocenters. The minimum Gasteiger partial charge on any atom is -0.466 e. The van der Waals surface area contributed by atoms with Crippen LogP contribution in [0.15, 0.2) is 0 Å². The first-order valence-electron chi connectivity index (χ1n) is 8.20. The molecule has 0 saturated carbocycles. The summed E-state index contributed by atoms with van der Waals surface area (Å²) in [4.78, 5) is 28.0. The summed E-state index contributed by atoms with van der Waals surface area (Å²) in [6, 6.07) is 0.699. The molecule has 2 aliphatic heterocycles. The molecule has 21 heavy (non-hydrogen) atoms. The zero-order chi connectivity index (χ0) is 15.2. The van der Waals surface area contributed by atoms with Crippen molar-refractivity contribution < 1.29 is 14.3 Å². The number of ether oxygens (including phenoxy) is 1. The molecular weight excluding hydrogens is 268 g/mol. The number of nitrogens with zero attached hydrogens (tertiary/aromatic N) is 2. The van der Waals surface area contributed by atoms with Gasteiger partial charge in [-0.3, -0.25) is 14.5 Å². The molecule has 120 valence electrons. The molecular formula is C16H28N2O3. The average Bonchev–Trinajstić information content (AvgIpc) is 2.46. The highest BCUT2D eigenvalue weighted by atomic mass is 16.5. The molecule has 0 amide bonds. The number of fused-ring (bicyclic) bond motifs is 1. The van der Waals surface area contributed by atoms with Gasteiger partial charge in [0.2, 0.25) is 0 Å². The second kappa shape index (κ2) is 7.90. The smallest absolute Gasteiger partial charge is 0.306 e. The Morgan fingerprint density at radius 3 is 2.76 bits per heavy atom. The number of Topliss-reactive ketones (excluding diaryl/α,β-unsaturated/α-hetero) is 1. The predicted octanol–water partition coefficient (Wildman–Crippen LogP) is 1.31. The summed E-state index contributed by atoms with van der Waals surface area (Å²) in [5, 5.41) is 0. The van der Waals surface area contributed by atoms with Crippen molar-refractivity contribution in [1.82, 2.24) is 9.80 Å². The molecule has 5 nitrogen and oxygen atoms in total. The van der Waals surface area contributed by atoms with Gasteiger partial charge in [0.05, 0.1) is 19.6 Å². The largest absolute Gasteiger partial charge is 0.466 e. The summed E-state index contributed by atoms with van der Waals surface area (Å²) in [5.41, 5.74) is 0. The summed E-state index contributed by atoms with van der Waals surface area (Å²) in [7, 11) is 2.22. The minimum atomic E-state index is -0.265.